The van der Waals surface area contributed by atoms with E-state index >= 15 is 0 Å². The number of hydrogen-bond donors (Lipinski definition) is 2. The molecule has 0 amide bonds. The second-order valence-electron chi connectivity index (χ2n) is 2.52. The van der Waals surface area contributed by atoms with Crippen LogP contribution >= 0.6 is 0 Å². The number of hydrogen-bond acceptors (Lipinski definition) is 5. The molecule has 0 radical (unpaired) electrons. The Hall–Kier alpha value is -1.12. The first-order valence-electron chi connectivity index (χ1n) is 3.38. The Bertz CT molecular complexity index is 530. The van der Waals surface area contributed by atoms with Gasteiger partial charge in [-0.2, -0.15) is 8.42 Å². The Morgan fingerprint density at radius 3 is 1.71 bits per heavy atom. The average Bonchev–Trinajstić information content (AvgIpc) is 2.03. The van der Waals surface area contributed by atoms with Crippen LogP contribution in [0.2, 0.25) is 0 Å². The predicted octanol–water partition coefficient (Wildman–Crippen LogP) is -0.754. The predicted molar refractivity (Wildman–Crippen MR) is 51.1 cm³/mol. The third-order valence-corrected chi connectivity index (χ3v) is 5.35. The molecule has 0 saturated carbocycles. The van der Waals surface area contributed by atoms with Gasteiger partial charge in [0.25, 0.3) is 8.87 Å². The first-order chi connectivity index (χ1) is 6.25. The topological polar surface area (TPSA) is 120 Å². The van der Waals surface area contributed by atoms with E-state index in [9.17, 15) is 16.8 Å². The molecule has 14 heavy (non-hydrogen) atoms. The zero-order valence-electron chi connectivity index (χ0n) is 6.91. The standard InChI is InChI=1S/C6H8N2O4S2/c7-5-1-3-6(4-2-5)13(9,10)14(8,11)12/h1-4H,7H2,(H2,8,11,12). The molecule has 0 aromatic heterocycles. The molecule has 1 aromatic rings. The van der Waals surface area contributed by atoms with Gasteiger partial charge in [-0.15, -0.1) is 0 Å². The molecule has 0 aliphatic heterocycles. The zero-order chi connectivity index (χ0) is 11.0. The van der Waals surface area contributed by atoms with Crippen molar-refractivity contribution in [2.45, 2.75) is 4.90 Å². The van der Waals surface area contributed by atoms with Gasteiger partial charge in [0.2, 0.25) is 0 Å². The van der Waals surface area contributed by atoms with Gasteiger partial charge >= 0.3 is 9.06 Å². The molecule has 8 heteroatoms. The van der Waals surface area contributed by atoms with Gasteiger partial charge in [-0.25, -0.2) is 13.6 Å². The highest BCUT2D eigenvalue weighted by Gasteiger charge is 2.27. The highest BCUT2D eigenvalue weighted by atomic mass is 33.2. The number of anilines is 1. The van der Waals surface area contributed by atoms with E-state index in [1.807, 2.05) is 0 Å². The van der Waals surface area contributed by atoms with Crippen LogP contribution in [0.15, 0.2) is 29.2 Å². The van der Waals surface area contributed by atoms with Crippen LogP contribution in [0.4, 0.5) is 5.69 Å². The zero-order valence-corrected chi connectivity index (χ0v) is 8.55. The van der Waals surface area contributed by atoms with Crippen molar-refractivity contribution in [2.24, 2.45) is 5.14 Å². The van der Waals surface area contributed by atoms with Crippen molar-refractivity contribution in [1.29, 1.82) is 0 Å². The van der Waals surface area contributed by atoms with E-state index in [0.29, 0.717) is 5.69 Å². The fourth-order valence-electron chi connectivity index (χ4n) is 0.769. The van der Waals surface area contributed by atoms with Crippen LogP contribution in [-0.2, 0) is 17.9 Å². The Morgan fingerprint density at radius 2 is 1.36 bits per heavy atom. The number of nitrogens with two attached hydrogens (primary N) is 2. The summed E-state index contributed by atoms with van der Waals surface area (Å²) in [5.74, 6) is 0. The third-order valence-electron chi connectivity index (χ3n) is 1.47. The Balaban J connectivity index is 3.40. The van der Waals surface area contributed by atoms with Crippen molar-refractivity contribution in [1.82, 2.24) is 0 Å². The molecule has 78 valence electrons. The molecule has 1 rings (SSSR count). The highest BCUT2D eigenvalue weighted by molar-refractivity contribution is 8.66. The van der Waals surface area contributed by atoms with Crippen molar-refractivity contribution in [2.75, 3.05) is 5.73 Å². The monoisotopic (exact) mass is 236 g/mol. The van der Waals surface area contributed by atoms with Gasteiger partial charge in [-0.1, -0.05) is 0 Å². The first kappa shape index (κ1) is 11.0. The molecule has 0 bridgehead atoms. The molecule has 0 unspecified atom stereocenters. The molecule has 6 nitrogen and oxygen atoms in total. The molecule has 0 aliphatic rings. The summed E-state index contributed by atoms with van der Waals surface area (Å²) in [6.45, 7) is 0. The Morgan fingerprint density at radius 1 is 0.929 bits per heavy atom. The van der Waals surface area contributed by atoms with E-state index in [4.69, 9.17) is 5.73 Å². The molecule has 0 aliphatic carbocycles. The fraction of sp³-hybridized carbons (Fsp3) is 0. The number of benzene rings is 1. The van der Waals surface area contributed by atoms with Gasteiger partial charge in [-0.05, 0) is 24.3 Å². The van der Waals surface area contributed by atoms with Crippen LogP contribution in [0.25, 0.3) is 0 Å². The van der Waals surface area contributed by atoms with Gasteiger partial charge < -0.3 is 5.73 Å². The Labute approximate surface area is 80.9 Å². The molecule has 0 atom stereocenters. The lowest BCUT2D eigenvalue weighted by atomic mass is 10.3. The SMILES string of the molecule is Nc1ccc(S(=O)(=O)S(N)(=O)=O)cc1. The van der Waals surface area contributed by atoms with Gasteiger partial charge in [0, 0.05) is 5.69 Å². The van der Waals surface area contributed by atoms with Crippen LogP contribution in [0.1, 0.15) is 0 Å². The van der Waals surface area contributed by atoms with E-state index in [2.05, 4.69) is 5.14 Å². The van der Waals surface area contributed by atoms with E-state index in [-0.39, 0.29) is 0 Å². The minimum Gasteiger partial charge on any atom is -0.399 e. The van der Waals surface area contributed by atoms with E-state index in [1.54, 1.807) is 0 Å². The lowest BCUT2D eigenvalue weighted by Crippen LogP contribution is -2.23. The minimum atomic E-state index is -4.64. The minimum absolute atomic E-state index is 0.332. The smallest absolute Gasteiger partial charge is 0.319 e. The molecular weight excluding hydrogens is 228 g/mol. The van der Waals surface area contributed by atoms with Gasteiger partial charge in [0.1, 0.15) is 0 Å². The van der Waals surface area contributed by atoms with Crippen LogP contribution in [0.3, 0.4) is 0 Å². The molecule has 0 saturated heterocycles. The summed E-state index contributed by atoms with van der Waals surface area (Å²) < 4.78 is 43.8. The van der Waals surface area contributed by atoms with Crippen LogP contribution < -0.4 is 10.9 Å². The number of nitrogen functional groups attached to an aromatic ring is 1. The summed E-state index contributed by atoms with van der Waals surface area (Å²) in [7, 11) is -9.14. The van der Waals surface area contributed by atoms with Crippen molar-refractivity contribution in [3.05, 3.63) is 24.3 Å². The first-order valence-corrected chi connectivity index (χ1v) is 6.93. The van der Waals surface area contributed by atoms with E-state index in [0.717, 1.165) is 12.1 Å². The van der Waals surface area contributed by atoms with Crippen molar-refractivity contribution in [3.8, 4) is 0 Å². The van der Waals surface area contributed by atoms with Crippen molar-refractivity contribution in [3.63, 3.8) is 0 Å². The lowest BCUT2D eigenvalue weighted by Gasteiger charge is -2.01. The second-order valence-corrected chi connectivity index (χ2v) is 7.59. The van der Waals surface area contributed by atoms with Crippen LogP contribution in [0.5, 0.6) is 0 Å². The maximum Gasteiger partial charge on any atom is 0.319 e. The van der Waals surface area contributed by atoms with Crippen LogP contribution in [-0.4, -0.2) is 16.8 Å². The van der Waals surface area contributed by atoms with Gasteiger partial charge in [-0.3, -0.25) is 0 Å². The second kappa shape index (κ2) is 3.23. The van der Waals surface area contributed by atoms with E-state index < -0.39 is 22.8 Å². The maximum absolute atomic E-state index is 11.2. The summed E-state index contributed by atoms with van der Waals surface area (Å²) in [4.78, 5) is -0.394. The van der Waals surface area contributed by atoms with Gasteiger partial charge in [0.05, 0.1) is 4.90 Å². The molecule has 0 heterocycles. The van der Waals surface area contributed by atoms with E-state index in [1.165, 1.54) is 12.1 Å². The van der Waals surface area contributed by atoms with Crippen LogP contribution in [0, 0.1) is 0 Å². The summed E-state index contributed by atoms with van der Waals surface area (Å²) in [6, 6.07) is 4.71. The third kappa shape index (κ3) is 1.86. The lowest BCUT2D eigenvalue weighted by molar-refractivity contribution is 0.583. The Kier molecular flexibility index (Phi) is 2.52. The quantitative estimate of drug-likeness (QED) is 0.516. The number of rotatable bonds is 2. The largest absolute Gasteiger partial charge is 0.399 e. The molecule has 4 N–H and O–H groups in total. The van der Waals surface area contributed by atoms with Crippen molar-refractivity contribution >= 4 is 23.6 Å². The molecule has 1 aromatic carbocycles. The van der Waals surface area contributed by atoms with Crippen molar-refractivity contribution < 1.29 is 16.8 Å². The fourth-order valence-corrected chi connectivity index (χ4v) is 2.64. The van der Waals surface area contributed by atoms with Gasteiger partial charge in [0.15, 0.2) is 0 Å². The molecule has 0 fully saturated rings. The highest BCUT2D eigenvalue weighted by Crippen LogP contribution is 2.15. The average molecular weight is 236 g/mol. The molecular formula is C6H8N2O4S2. The summed E-state index contributed by atoms with van der Waals surface area (Å²) in [5.41, 5.74) is 5.64. The molecule has 0 spiro atoms. The summed E-state index contributed by atoms with van der Waals surface area (Å²) >= 11 is 0. The summed E-state index contributed by atoms with van der Waals surface area (Å²) in [6.07, 6.45) is 0. The maximum atomic E-state index is 11.2. The summed E-state index contributed by atoms with van der Waals surface area (Å²) in [5, 5.41) is 4.54. The normalized spacial score (nSPS) is 12.6.